The minimum atomic E-state index is -0.272. The molecule has 0 bridgehead atoms. The Hall–Kier alpha value is -0.650. The monoisotopic (exact) mass is 216 g/mol. The average Bonchev–Trinajstić information content (AvgIpc) is 2.30. The zero-order chi connectivity index (χ0) is 11.1. The molecule has 1 aliphatic heterocycles. The lowest BCUT2D eigenvalue weighted by Gasteiger charge is -2.36. The van der Waals surface area contributed by atoms with Crippen LogP contribution in [0.15, 0.2) is 0 Å². The van der Waals surface area contributed by atoms with Gasteiger partial charge in [-0.15, -0.1) is 0 Å². The summed E-state index contributed by atoms with van der Waals surface area (Å²) in [4.78, 5) is 11.0. The molecule has 0 atom stereocenters. The van der Waals surface area contributed by atoms with Gasteiger partial charge in [-0.2, -0.15) is 0 Å². The normalized spacial score (nSPS) is 19.9. The van der Waals surface area contributed by atoms with Gasteiger partial charge in [0.2, 0.25) is 5.91 Å². The summed E-state index contributed by atoms with van der Waals surface area (Å²) in [6, 6.07) is 0. The highest BCUT2D eigenvalue weighted by Crippen LogP contribution is 2.23. The van der Waals surface area contributed by atoms with E-state index in [9.17, 15) is 4.79 Å². The molecule has 88 valence electrons. The van der Waals surface area contributed by atoms with Crippen LogP contribution in [0.2, 0.25) is 0 Å². The van der Waals surface area contributed by atoms with Crippen molar-refractivity contribution >= 4 is 5.91 Å². The Labute approximate surface area is 90.3 Å². The Bertz CT molecular complexity index is 203. The second-order valence-corrected chi connectivity index (χ2v) is 3.77. The van der Waals surface area contributed by atoms with Gasteiger partial charge in [0, 0.05) is 46.1 Å². The standard InChI is InChI=1S/C10H20N2O3/c1-12-9(13)2-5-15-10(8-11)3-6-14-7-4-10/h2-8,11H2,1H3,(H,12,13). The Morgan fingerprint density at radius 2 is 2.20 bits per heavy atom. The van der Waals surface area contributed by atoms with Crippen LogP contribution in [0.4, 0.5) is 0 Å². The van der Waals surface area contributed by atoms with Crippen LogP contribution >= 0.6 is 0 Å². The molecule has 0 saturated carbocycles. The smallest absolute Gasteiger partial charge is 0.222 e. The van der Waals surface area contributed by atoms with Crippen LogP contribution in [0.5, 0.6) is 0 Å². The zero-order valence-corrected chi connectivity index (χ0v) is 9.25. The lowest BCUT2D eigenvalue weighted by atomic mass is 9.94. The van der Waals surface area contributed by atoms with Crippen molar-refractivity contribution in [3.63, 3.8) is 0 Å². The topological polar surface area (TPSA) is 73.6 Å². The molecule has 0 aromatic carbocycles. The minimum Gasteiger partial charge on any atom is -0.381 e. The van der Waals surface area contributed by atoms with Gasteiger partial charge in [0.05, 0.1) is 12.2 Å². The van der Waals surface area contributed by atoms with E-state index in [2.05, 4.69) is 5.32 Å². The third-order valence-electron chi connectivity index (χ3n) is 2.79. The summed E-state index contributed by atoms with van der Waals surface area (Å²) in [5.41, 5.74) is 5.43. The van der Waals surface area contributed by atoms with Gasteiger partial charge in [-0.25, -0.2) is 0 Å². The summed E-state index contributed by atoms with van der Waals surface area (Å²) in [6.07, 6.45) is 2.02. The second kappa shape index (κ2) is 6.05. The molecule has 1 rings (SSSR count). The van der Waals surface area contributed by atoms with Crippen LogP contribution in [0.3, 0.4) is 0 Å². The van der Waals surface area contributed by atoms with Crippen LogP contribution < -0.4 is 11.1 Å². The summed E-state index contributed by atoms with van der Waals surface area (Å²) >= 11 is 0. The van der Waals surface area contributed by atoms with Crippen molar-refractivity contribution in [3.05, 3.63) is 0 Å². The number of rotatable bonds is 5. The molecule has 1 heterocycles. The number of hydrogen-bond acceptors (Lipinski definition) is 4. The summed E-state index contributed by atoms with van der Waals surface area (Å²) in [5.74, 6) is -0.00534. The van der Waals surface area contributed by atoms with Crippen LogP contribution in [-0.4, -0.2) is 44.9 Å². The molecule has 0 radical (unpaired) electrons. The molecular formula is C10H20N2O3. The van der Waals surface area contributed by atoms with E-state index in [0.717, 1.165) is 12.8 Å². The van der Waals surface area contributed by atoms with Gasteiger partial charge >= 0.3 is 0 Å². The first-order valence-corrected chi connectivity index (χ1v) is 5.35. The molecule has 1 saturated heterocycles. The van der Waals surface area contributed by atoms with Gasteiger partial charge in [0.25, 0.3) is 0 Å². The molecule has 1 aliphatic rings. The van der Waals surface area contributed by atoms with E-state index in [1.807, 2.05) is 0 Å². The fraction of sp³-hybridized carbons (Fsp3) is 0.900. The van der Waals surface area contributed by atoms with Gasteiger partial charge in [-0.1, -0.05) is 0 Å². The van der Waals surface area contributed by atoms with Crippen LogP contribution in [0, 0.1) is 0 Å². The molecule has 1 amide bonds. The van der Waals surface area contributed by atoms with Crippen molar-refractivity contribution in [1.29, 1.82) is 0 Å². The number of nitrogens with one attached hydrogen (secondary N) is 1. The van der Waals surface area contributed by atoms with E-state index in [1.54, 1.807) is 7.05 Å². The average molecular weight is 216 g/mol. The first-order chi connectivity index (χ1) is 7.22. The molecular weight excluding hydrogens is 196 g/mol. The lowest BCUT2D eigenvalue weighted by Crippen LogP contribution is -2.46. The van der Waals surface area contributed by atoms with Gasteiger partial charge < -0.3 is 20.5 Å². The fourth-order valence-electron chi connectivity index (χ4n) is 1.64. The van der Waals surface area contributed by atoms with Gasteiger partial charge in [0.1, 0.15) is 0 Å². The fourth-order valence-corrected chi connectivity index (χ4v) is 1.64. The minimum absolute atomic E-state index is 0.00534. The largest absolute Gasteiger partial charge is 0.381 e. The molecule has 3 N–H and O–H groups in total. The number of nitrogens with two attached hydrogens (primary N) is 1. The molecule has 15 heavy (non-hydrogen) atoms. The predicted octanol–water partition coefficient (Wildman–Crippen LogP) is -0.353. The van der Waals surface area contributed by atoms with E-state index >= 15 is 0 Å². The van der Waals surface area contributed by atoms with Gasteiger partial charge in [0.15, 0.2) is 0 Å². The quantitative estimate of drug-likeness (QED) is 0.658. The number of hydrogen-bond donors (Lipinski definition) is 2. The van der Waals surface area contributed by atoms with Gasteiger partial charge in [-0.3, -0.25) is 4.79 Å². The number of carbonyl (C=O) groups excluding carboxylic acids is 1. The summed E-state index contributed by atoms with van der Waals surface area (Å²) in [7, 11) is 1.62. The summed E-state index contributed by atoms with van der Waals surface area (Å²) in [6.45, 7) is 2.30. The molecule has 5 nitrogen and oxygen atoms in total. The molecule has 0 spiro atoms. The van der Waals surface area contributed by atoms with Crippen molar-refractivity contribution in [1.82, 2.24) is 5.32 Å². The van der Waals surface area contributed by atoms with Crippen molar-refractivity contribution < 1.29 is 14.3 Å². The van der Waals surface area contributed by atoms with E-state index in [-0.39, 0.29) is 11.5 Å². The molecule has 5 heteroatoms. The SMILES string of the molecule is CNC(=O)CCOC1(CN)CCOCC1. The first kappa shape index (κ1) is 12.4. The molecule has 0 aliphatic carbocycles. The highest BCUT2D eigenvalue weighted by molar-refractivity contribution is 5.75. The maximum absolute atomic E-state index is 11.0. The van der Waals surface area contributed by atoms with Crippen LogP contribution in [0.25, 0.3) is 0 Å². The second-order valence-electron chi connectivity index (χ2n) is 3.77. The van der Waals surface area contributed by atoms with E-state index < -0.39 is 0 Å². The first-order valence-electron chi connectivity index (χ1n) is 5.35. The van der Waals surface area contributed by atoms with Crippen molar-refractivity contribution in [2.24, 2.45) is 5.73 Å². The maximum atomic E-state index is 11.0. The van der Waals surface area contributed by atoms with Gasteiger partial charge in [-0.05, 0) is 0 Å². The zero-order valence-electron chi connectivity index (χ0n) is 9.25. The summed E-state index contributed by atoms with van der Waals surface area (Å²) in [5, 5.41) is 2.56. The van der Waals surface area contributed by atoms with Crippen molar-refractivity contribution in [2.75, 3.05) is 33.4 Å². The highest BCUT2D eigenvalue weighted by Gasteiger charge is 2.31. The van der Waals surface area contributed by atoms with E-state index in [4.69, 9.17) is 15.2 Å². The Kier molecular flexibility index (Phi) is 5.01. The van der Waals surface area contributed by atoms with E-state index in [1.165, 1.54) is 0 Å². The Morgan fingerprint density at radius 3 is 2.73 bits per heavy atom. The molecule has 1 fully saturated rings. The van der Waals surface area contributed by atoms with Crippen LogP contribution in [0.1, 0.15) is 19.3 Å². The van der Waals surface area contributed by atoms with Crippen molar-refractivity contribution in [2.45, 2.75) is 24.9 Å². The highest BCUT2D eigenvalue weighted by atomic mass is 16.5. The third-order valence-corrected chi connectivity index (χ3v) is 2.79. The Morgan fingerprint density at radius 1 is 1.53 bits per heavy atom. The van der Waals surface area contributed by atoms with Crippen molar-refractivity contribution in [3.8, 4) is 0 Å². The van der Waals surface area contributed by atoms with Crippen LogP contribution in [-0.2, 0) is 14.3 Å². The lowest BCUT2D eigenvalue weighted by molar-refractivity contribution is -0.128. The Balaban J connectivity index is 2.29. The number of amides is 1. The maximum Gasteiger partial charge on any atom is 0.222 e. The van der Waals surface area contributed by atoms with E-state index in [0.29, 0.717) is 32.8 Å². The third kappa shape index (κ3) is 3.77. The molecule has 0 aromatic heterocycles. The molecule has 0 aromatic rings. The number of ether oxygens (including phenoxy) is 2. The molecule has 0 unspecified atom stereocenters. The number of carbonyl (C=O) groups is 1. The summed E-state index contributed by atoms with van der Waals surface area (Å²) < 4.78 is 11.0. The predicted molar refractivity (Wildman–Crippen MR) is 56.5 cm³/mol.